The summed E-state index contributed by atoms with van der Waals surface area (Å²) in [6.07, 6.45) is 3.98. The molecule has 1 aliphatic rings. The van der Waals surface area contributed by atoms with Gasteiger partial charge in [-0.25, -0.2) is 0 Å². The van der Waals surface area contributed by atoms with Gasteiger partial charge in [-0.15, -0.1) is 0 Å². The number of carbonyl (C=O) groups excluding carboxylic acids is 1. The summed E-state index contributed by atoms with van der Waals surface area (Å²) in [5, 5.41) is 9.22. The number of hydrogen-bond acceptors (Lipinski definition) is 3. The lowest BCUT2D eigenvalue weighted by atomic mass is 9.82. The van der Waals surface area contributed by atoms with Crippen molar-refractivity contribution in [1.82, 2.24) is 9.88 Å². The van der Waals surface area contributed by atoms with Crippen molar-refractivity contribution in [3.8, 4) is 0 Å². The minimum absolute atomic E-state index is 0.0529. The second-order valence-electron chi connectivity index (χ2n) is 5.12. The van der Waals surface area contributed by atoms with Gasteiger partial charge in [0.2, 0.25) is 0 Å². The molecule has 1 aromatic heterocycles. The number of rotatable bonds is 2. The minimum atomic E-state index is -0.935. The number of nitrogens with one attached hydrogen (secondary N) is 1. The number of pyridine rings is 1. The highest BCUT2D eigenvalue weighted by Gasteiger charge is 2.39. The number of H-pyrrole nitrogens is 1. The minimum Gasteiger partial charge on any atom is -0.481 e. The highest BCUT2D eigenvalue weighted by Crippen LogP contribution is 2.30. The molecule has 19 heavy (non-hydrogen) atoms. The van der Waals surface area contributed by atoms with E-state index < -0.39 is 17.3 Å². The molecule has 2 rings (SSSR count). The quantitative estimate of drug-likeness (QED) is 0.822. The molecule has 0 saturated carbocycles. The summed E-state index contributed by atoms with van der Waals surface area (Å²) in [6.45, 7) is 2.25. The van der Waals surface area contributed by atoms with E-state index in [4.69, 9.17) is 0 Å². The molecule has 0 aliphatic carbocycles. The molecule has 6 heteroatoms. The zero-order valence-electron chi connectivity index (χ0n) is 10.7. The van der Waals surface area contributed by atoms with Gasteiger partial charge in [0, 0.05) is 31.5 Å². The SMILES string of the molecule is CC1(C(=O)O)CCCN(C(=O)c2c[nH]ccc2=O)C1. The van der Waals surface area contributed by atoms with Crippen molar-refractivity contribution in [2.75, 3.05) is 13.1 Å². The van der Waals surface area contributed by atoms with Crippen molar-refractivity contribution in [1.29, 1.82) is 0 Å². The number of likely N-dealkylation sites (tertiary alicyclic amines) is 1. The smallest absolute Gasteiger partial charge is 0.311 e. The first-order valence-electron chi connectivity index (χ1n) is 6.14. The van der Waals surface area contributed by atoms with Gasteiger partial charge in [-0.05, 0) is 19.8 Å². The summed E-state index contributed by atoms with van der Waals surface area (Å²) in [4.78, 5) is 39.2. The van der Waals surface area contributed by atoms with Crippen LogP contribution in [-0.2, 0) is 4.79 Å². The van der Waals surface area contributed by atoms with Crippen LogP contribution in [0.5, 0.6) is 0 Å². The second-order valence-corrected chi connectivity index (χ2v) is 5.12. The van der Waals surface area contributed by atoms with Crippen LogP contribution in [0.15, 0.2) is 23.3 Å². The summed E-state index contributed by atoms with van der Waals surface area (Å²) >= 11 is 0. The molecule has 2 N–H and O–H groups in total. The Bertz CT molecular complexity index is 566. The number of aromatic nitrogens is 1. The van der Waals surface area contributed by atoms with E-state index in [1.807, 2.05) is 0 Å². The van der Waals surface area contributed by atoms with Crippen molar-refractivity contribution < 1.29 is 14.7 Å². The van der Waals surface area contributed by atoms with Gasteiger partial charge >= 0.3 is 5.97 Å². The number of hydrogen-bond donors (Lipinski definition) is 2. The van der Waals surface area contributed by atoms with Crippen molar-refractivity contribution >= 4 is 11.9 Å². The van der Waals surface area contributed by atoms with Crippen LogP contribution in [0.3, 0.4) is 0 Å². The number of amides is 1. The van der Waals surface area contributed by atoms with E-state index in [0.717, 1.165) is 0 Å². The summed E-state index contributed by atoms with van der Waals surface area (Å²) in [6, 6.07) is 1.29. The third-order valence-corrected chi connectivity index (χ3v) is 3.55. The van der Waals surface area contributed by atoms with Gasteiger partial charge in [-0.1, -0.05) is 0 Å². The first-order chi connectivity index (χ1) is 8.94. The fourth-order valence-corrected chi connectivity index (χ4v) is 2.34. The molecule has 2 heterocycles. The third kappa shape index (κ3) is 2.52. The number of carboxylic acid groups (broad SMARTS) is 1. The molecule has 1 atom stereocenters. The maximum absolute atomic E-state index is 12.2. The van der Waals surface area contributed by atoms with Crippen LogP contribution in [0, 0.1) is 5.41 Å². The summed E-state index contributed by atoms with van der Waals surface area (Å²) in [7, 11) is 0. The Morgan fingerprint density at radius 1 is 1.47 bits per heavy atom. The zero-order valence-corrected chi connectivity index (χ0v) is 10.7. The molecule has 0 bridgehead atoms. The molecule has 1 fully saturated rings. The molecule has 6 nitrogen and oxygen atoms in total. The van der Waals surface area contributed by atoms with Crippen LogP contribution in [-0.4, -0.2) is 40.0 Å². The van der Waals surface area contributed by atoms with E-state index in [2.05, 4.69) is 4.98 Å². The number of piperidine rings is 1. The van der Waals surface area contributed by atoms with Gasteiger partial charge in [0.15, 0.2) is 5.43 Å². The topological polar surface area (TPSA) is 90.5 Å². The first-order valence-corrected chi connectivity index (χ1v) is 6.14. The number of aliphatic carboxylic acids is 1. The highest BCUT2D eigenvalue weighted by molar-refractivity contribution is 5.94. The average Bonchev–Trinajstić information content (AvgIpc) is 2.38. The van der Waals surface area contributed by atoms with E-state index in [9.17, 15) is 19.5 Å². The number of carboxylic acids is 1. The molecule has 0 spiro atoms. The van der Waals surface area contributed by atoms with Crippen LogP contribution in [0.4, 0.5) is 0 Å². The largest absolute Gasteiger partial charge is 0.481 e. The fraction of sp³-hybridized carbons (Fsp3) is 0.462. The van der Waals surface area contributed by atoms with Crippen molar-refractivity contribution in [3.05, 3.63) is 34.2 Å². The molecule has 1 aliphatic heterocycles. The Morgan fingerprint density at radius 2 is 2.21 bits per heavy atom. The third-order valence-electron chi connectivity index (χ3n) is 3.55. The van der Waals surface area contributed by atoms with Crippen LogP contribution in [0.1, 0.15) is 30.1 Å². The standard InChI is InChI=1S/C13H16N2O4/c1-13(12(18)19)4-2-6-15(8-13)11(17)9-7-14-5-3-10(9)16/h3,5,7H,2,4,6,8H2,1H3,(H,14,16)(H,18,19). The van der Waals surface area contributed by atoms with Gasteiger partial charge in [0.05, 0.1) is 5.41 Å². The molecule has 1 unspecified atom stereocenters. The molecular weight excluding hydrogens is 248 g/mol. The maximum atomic E-state index is 12.2. The predicted octanol–water partition coefficient (Wildman–Crippen LogP) is 0.702. The monoisotopic (exact) mass is 264 g/mol. The van der Waals surface area contributed by atoms with Gasteiger partial charge in [0.1, 0.15) is 5.56 Å². The number of carbonyl (C=O) groups is 2. The Morgan fingerprint density at radius 3 is 2.84 bits per heavy atom. The molecule has 1 saturated heterocycles. The van der Waals surface area contributed by atoms with Crippen molar-refractivity contribution in [3.63, 3.8) is 0 Å². The van der Waals surface area contributed by atoms with Crippen LogP contribution in [0.25, 0.3) is 0 Å². The van der Waals surface area contributed by atoms with Crippen molar-refractivity contribution in [2.24, 2.45) is 5.41 Å². The normalized spacial score (nSPS) is 23.1. The molecule has 0 radical (unpaired) electrons. The molecule has 0 aromatic carbocycles. The van der Waals surface area contributed by atoms with E-state index in [1.165, 1.54) is 23.4 Å². The van der Waals surface area contributed by atoms with Crippen LogP contribution < -0.4 is 5.43 Å². The van der Waals surface area contributed by atoms with E-state index >= 15 is 0 Å². The van der Waals surface area contributed by atoms with Gasteiger partial charge in [-0.2, -0.15) is 0 Å². The number of nitrogens with zero attached hydrogens (tertiary/aromatic N) is 1. The van der Waals surface area contributed by atoms with E-state index in [-0.39, 0.29) is 17.5 Å². The van der Waals surface area contributed by atoms with Crippen LogP contribution in [0.2, 0.25) is 0 Å². The summed E-state index contributed by atoms with van der Waals surface area (Å²) in [5.41, 5.74) is -1.24. The lowest BCUT2D eigenvalue weighted by molar-refractivity contribution is -0.150. The Balaban J connectivity index is 2.23. The van der Waals surface area contributed by atoms with Crippen molar-refractivity contribution in [2.45, 2.75) is 19.8 Å². The fourth-order valence-electron chi connectivity index (χ4n) is 2.34. The zero-order chi connectivity index (χ0) is 14.0. The first kappa shape index (κ1) is 13.3. The average molecular weight is 264 g/mol. The van der Waals surface area contributed by atoms with E-state index in [1.54, 1.807) is 6.92 Å². The van der Waals surface area contributed by atoms with Gasteiger partial charge < -0.3 is 15.0 Å². The Hall–Kier alpha value is -2.11. The Kier molecular flexibility index (Phi) is 3.42. The molecule has 102 valence electrons. The highest BCUT2D eigenvalue weighted by atomic mass is 16.4. The second kappa shape index (κ2) is 4.87. The lowest BCUT2D eigenvalue weighted by Crippen LogP contribution is -2.49. The van der Waals surface area contributed by atoms with Gasteiger partial charge in [-0.3, -0.25) is 14.4 Å². The van der Waals surface area contributed by atoms with E-state index in [0.29, 0.717) is 19.4 Å². The number of aromatic amines is 1. The molecule has 1 amide bonds. The summed E-state index contributed by atoms with van der Waals surface area (Å²) in [5.74, 6) is -1.32. The Labute approximate surface area is 110 Å². The lowest BCUT2D eigenvalue weighted by Gasteiger charge is -2.37. The molecular formula is C13H16N2O4. The summed E-state index contributed by atoms with van der Waals surface area (Å²) < 4.78 is 0. The van der Waals surface area contributed by atoms with Crippen LogP contribution >= 0.6 is 0 Å². The predicted molar refractivity (Wildman–Crippen MR) is 67.9 cm³/mol. The molecule has 1 aromatic rings. The van der Waals surface area contributed by atoms with Gasteiger partial charge in [0.25, 0.3) is 5.91 Å². The maximum Gasteiger partial charge on any atom is 0.311 e.